The highest BCUT2D eigenvalue weighted by Gasteiger charge is 2.20. The number of hydrogen-bond donors (Lipinski definition) is 0. The van der Waals surface area contributed by atoms with Crippen molar-refractivity contribution in [3.05, 3.63) is 26.8 Å². The average Bonchev–Trinajstić information content (AvgIpc) is 2.39. The molecule has 0 heterocycles. The van der Waals surface area contributed by atoms with E-state index in [1.54, 1.807) is 4.90 Å². The smallest absolute Gasteiger partial charge is 0.243 e. The van der Waals surface area contributed by atoms with Gasteiger partial charge in [-0.2, -0.15) is 0 Å². The maximum Gasteiger partial charge on any atom is 0.243 e. The van der Waals surface area contributed by atoms with Crippen LogP contribution in [0, 0.1) is 10.5 Å². The lowest BCUT2D eigenvalue weighted by Gasteiger charge is -2.26. The fourth-order valence-electron chi connectivity index (χ4n) is 1.98. The fourth-order valence-corrected chi connectivity index (χ4v) is 2.96. The number of rotatable bonds is 6. The summed E-state index contributed by atoms with van der Waals surface area (Å²) in [6.07, 6.45) is 0.866. The van der Waals surface area contributed by atoms with Gasteiger partial charge in [-0.05, 0) is 66.1 Å². The molecule has 1 amide bonds. The third kappa shape index (κ3) is 4.33. The first-order valence-corrected chi connectivity index (χ1v) is 7.89. The van der Waals surface area contributed by atoms with E-state index in [2.05, 4.69) is 41.6 Å². The summed E-state index contributed by atoms with van der Waals surface area (Å²) in [7, 11) is 0. The molecule has 0 bridgehead atoms. The molecule has 0 fully saturated rings. The van der Waals surface area contributed by atoms with E-state index in [-0.39, 0.29) is 18.5 Å². The molecule has 0 atom stereocenters. The lowest BCUT2D eigenvalue weighted by Crippen LogP contribution is -2.35. The average molecular weight is 396 g/mol. The summed E-state index contributed by atoms with van der Waals surface area (Å²) in [6, 6.07) is 4.17. The molecule has 3 nitrogen and oxygen atoms in total. The lowest BCUT2D eigenvalue weighted by molar-refractivity contribution is -0.117. The topological polar surface area (TPSA) is 29.5 Å². The largest absolute Gasteiger partial charge is 0.361 e. The van der Waals surface area contributed by atoms with Gasteiger partial charge in [0, 0.05) is 10.2 Å². The summed E-state index contributed by atoms with van der Waals surface area (Å²) in [5.41, 5.74) is 3.14. The van der Waals surface area contributed by atoms with Crippen molar-refractivity contribution in [2.45, 2.75) is 27.2 Å². The first-order chi connectivity index (χ1) is 9.04. The van der Waals surface area contributed by atoms with Gasteiger partial charge in [0.1, 0.15) is 12.6 Å². The van der Waals surface area contributed by atoms with E-state index in [9.17, 15) is 4.79 Å². The molecule has 0 saturated carbocycles. The summed E-state index contributed by atoms with van der Waals surface area (Å²) in [4.78, 5) is 13.7. The van der Waals surface area contributed by atoms with Crippen LogP contribution < -0.4 is 4.90 Å². The fraction of sp³-hybridized carbons (Fsp3) is 0.500. The maximum absolute atomic E-state index is 12.0. The van der Waals surface area contributed by atoms with Crippen molar-refractivity contribution in [3.8, 4) is 0 Å². The number of hydrogen-bond acceptors (Lipinski definition) is 2. The Balaban J connectivity index is 3.24. The zero-order valence-corrected chi connectivity index (χ0v) is 14.4. The quantitative estimate of drug-likeness (QED) is 0.417. The molecule has 0 radical (unpaired) electrons. The first-order valence-electron chi connectivity index (χ1n) is 6.28. The third-order valence-corrected chi connectivity index (χ3v) is 3.69. The van der Waals surface area contributed by atoms with Crippen LogP contribution in [0.5, 0.6) is 0 Å². The minimum absolute atomic E-state index is 0.0400. The number of carbonyl (C=O) groups is 1. The summed E-state index contributed by atoms with van der Waals surface area (Å²) in [6.45, 7) is 6.81. The third-order valence-electron chi connectivity index (χ3n) is 2.83. The van der Waals surface area contributed by atoms with E-state index in [1.165, 1.54) is 3.57 Å². The molecular weight excluding hydrogens is 377 g/mol. The molecule has 1 aromatic carbocycles. The number of amides is 1. The van der Waals surface area contributed by atoms with Crippen molar-refractivity contribution in [1.82, 2.24) is 0 Å². The second-order valence-corrected chi connectivity index (χ2v) is 5.67. The van der Waals surface area contributed by atoms with Crippen LogP contribution >= 0.6 is 34.2 Å². The minimum atomic E-state index is -0.130. The number of carbonyl (C=O) groups excluding carboxylic acids is 1. The molecule has 19 heavy (non-hydrogen) atoms. The molecule has 0 saturated heterocycles. The van der Waals surface area contributed by atoms with Crippen LogP contribution in [0.25, 0.3) is 0 Å². The zero-order valence-electron chi connectivity index (χ0n) is 11.5. The number of anilines is 1. The highest BCUT2D eigenvalue weighted by molar-refractivity contribution is 14.1. The summed E-state index contributed by atoms with van der Waals surface area (Å²) in [5.74, 6) is -0.170. The Bertz CT molecular complexity index is 451. The molecule has 1 rings (SSSR count). The van der Waals surface area contributed by atoms with Gasteiger partial charge in [0.2, 0.25) is 5.91 Å². The molecule has 0 aliphatic rings. The molecule has 1 aromatic rings. The molecule has 106 valence electrons. The van der Waals surface area contributed by atoms with Crippen molar-refractivity contribution in [1.29, 1.82) is 0 Å². The predicted molar refractivity (Wildman–Crippen MR) is 88.0 cm³/mol. The number of ether oxygens (including phenoxy) is 1. The molecule has 0 spiro atoms. The maximum atomic E-state index is 12.0. The summed E-state index contributed by atoms with van der Waals surface area (Å²) in [5, 5.41) is 0. The monoisotopic (exact) mass is 395 g/mol. The molecule has 0 N–H and O–H groups in total. The van der Waals surface area contributed by atoms with Crippen LogP contribution in [0.3, 0.4) is 0 Å². The van der Waals surface area contributed by atoms with Crippen LogP contribution in [-0.4, -0.2) is 25.1 Å². The Kier molecular flexibility index (Phi) is 7.10. The van der Waals surface area contributed by atoms with Gasteiger partial charge in [0.25, 0.3) is 0 Å². The Morgan fingerprint density at radius 3 is 2.63 bits per heavy atom. The molecule has 0 aromatic heterocycles. The van der Waals surface area contributed by atoms with Gasteiger partial charge in [0.15, 0.2) is 0 Å². The van der Waals surface area contributed by atoms with E-state index in [4.69, 9.17) is 16.3 Å². The Hall–Kier alpha value is -0.330. The van der Waals surface area contributed by atoms with Gasteiger partial charge in [-0.1, -0.05) is 6.92 Å². The van der Waals surface area contributed by atoms with E-state index < -0.39 is 0 Å². The number of alkyl halides is 1. The van der Waals surface area contributed by atoms with Crippen LogP contribution in [0.2, 0.25) is 0 Å². The Labute approximate surface area is 133 Å². The van der Waals surface area contributed by atoms with Crippen molar-refractivity contribution in [2.24, 2.45) is 0 Å². The normalized spacial score (nSPS) is 10.6. The van der Waals surface area contributed by atoms with Crippen LogP contribution in [0.15, 0.2) is 12.1 Å². The molecule has 0 aliphatic carbocycles. The second-order valence-electron chi connectivity index (χ2n) is 4.16. The molecular formula is C14H19ClINO2. The highest BCUT2D eigenvalue weighted by Crippen LogP contribution is 2.28. The van der Waals surface area contributed by atoms with E-state index in [0.29, 0.717) is 6.61 Å². The first kappa shape index (κ1) is 16.7. The lowest BCUT2D eigenvalue weighted by atomic mass is 10.0. The highest BCUT2D eigenvalue weighted by atomic mass is 127. The van der Waals surface area contributed by atoms with Gasteiger partial charge in [-0.25, -0.2) is 0 Å². The number of benzene rings is 1. The van der Waals surface area contributed by atoms with E-state index in [0.717, 1.165) is 23.2 Å². The SMILES string of the molecule is CCOCN(C(=O)CCl)c1c(C)cc(I)cc1CC. The van der Waals surface area contributed by atoms with Crippen LogP contribution in [0.1, 0.15) is 25.0 Å². The van der Waals surface area contributed by atoms with E-state index >= 15 is 0 Å². The standard InChI is InChI=1S/C14H19ClINO2/c1-4-11-7-12(16)6-10(3)14(11)17(9-19-5-2)13(18)8-15/h6-7H,4-5,8-9H2,1-3H3. The van der Waals surface area contributed by atoms with Gasteiger partial charge in [0.05, 0.1) is 5.69 Å². The molecule has 0 unspecified atom stereocenters. The summed E-state index contributed by atoms with van der Waals surface area (Å²) < 4.78 is 6.57. The zero-order chi connectivity index (χ0) is 14.4. The summed E-state index contributed by atoms with van der Waals surface area (Å²) >= 11 is 8.00. The van der Waals surface area contributed by atoms with Crippen molar-refractivity contribution in [2.75, 3.05) is 24.1 Å². The number of halogens is 2. The van der Waals surface area contributed by atoms with Crippen molar-refractivity contribution >= 4 is 45.8 Å². The van der Waals surface area contributed by atoms with E-state index in [1.807, 2.05) is 13.8 Å². The Morgan fingerprint density at radius 2 is 2.11 bits per heavy atom. The van der Waals surface area contributed by atoms with Gasteiger partial charge < -0.3 is 4.74 Å². The predicted octanol–water partition coefficient (Wildman–Crippen LogP) is 3.73. The van der Waals surface area contributed by atoms with Crippen molar-refractivity contribution < 1.29 is 9.53 Å². The van der Waals surface area contributed by atoms with Gasteiger partial charge in [-0.15, -0.1) is 11.6 Å². The number of nitrogens with zero attached hydrogens (tertiary/aromatic N) is 1. The molecule has 5 heteroatoms. The minimum Gasteiger partial charge on any atom is -0.361 e. The second kappa shape index (κ2) is 8.07. The van der Waals surface area contributed by atoms with Crippen LogP contribution in [0.4, 0.5) is 5.69 Å². The molecule has 0 aliphatic heterocycles. The van der Waals surface area contributed by atoms with Crippen LogP contribution in [-0.2, 0) is 16.0 Å². The number of aryl methyl sites for hydroxylation is 2. The Morgan fingerprint density at radius 1 is 1.42 bits per heavy atom. The van der Waals surface area contributed by atoms with Gasteiger partial charge >= 0.3 is 0 Å². The van der Waals surface area contributed by atoms with Gasteiger partial charge in [-0.3, -0.25) is 9.69 Å². The van der Waals surface area contributed by atoms with Crippen molar-refractivity contribution in [3.63, 3.8) is 0 Å².